The lowest BCUT2D eigenvalue weighted by molar-refractivity contribution is -0.0713. The Labute approximate surface area is 74.6 Å². The fraction of sp³-hybridized carbons (Fsp3) is 1.00. The normalized spacial score (nSPS) is 43.0. The second-order valence-corrected chi connectivity index (χ2v) is 4.36. The molecular formula is C10H20O2. The lowest BCUT2D eigenvalue weighted by Crippen LogP contribution is -2.42. The van der Waals surface area contributed by atoms with Gasteiger partial charge in [0.2, 0.25) is 0 Å². The first kappa shape index (κ1) is 10.0. The maximum atomic E-state index is 10.2. The predicted octanol–water partition coefficient (Wildman–Crippen LogP) is 1.56. The van der Waals surface area contributed by atoms with Gasteiger partial charge in [0.1, 0.15) is 0 Å². The molecule has 12 heavy (non-hydrogen) atoms. The van der Waals surface area contributed by atoms with Gasteiger partial charge in [0.25, 0.3) is 0 Å². The highest BCUT2D eigenvalue weighted by atomic mass is 16.3. The van der Waals surface area contributed by atoms with Crippen molar-refractivity contribution < 1.29 is 10.2 Å². The van der Waals surface area contributed by atoms with E-state index in [2.05, 4.69) is 13.8 Å². The molecule has 0 aromatic heterocycles. The van der Waals surface area contributed by atoms with E-state index in [4.69, 9.17) is 5.11 Å². The Hall–Kier alpha value is -0.0800. The zero-order valence-electron chi connectivity index (χ0n) is 8.08. The molecule has 1 saturated carbocycles. The van der Waals surface area contributed by atoms with Gasteiger partial charge in [-0.1, -0.05) is 20.3 Å². The molecule has 0 aliphatic heterocycles. The second-order valence-electron chi connectivity index (χ2n) is 4.36. The van der Waals surface area contributed by atoms with Gasteiger partial charge in [-0.25, -0.2) is 0 Å². The highest BCUT2D eigenvalue weighted by Crippen LogP contribution is 2.38. The van der Waals surface area contributed by atoms with E-state index in [-0.39, 0.29) is 6.61 Å². The molecule has 0 bridgehead atoms. The largest absolute Gasteiger partial charge is 0.396 e. The molecule has 1 rings (SSSR count). The standard InChI is InChI=1S/C10H20O2/c1-8-3-4-9(2)10(12,7-8)5-6-11/h8-9,11-12H,3-7H2,1-2H3/t8-,9-,10+/m1/s1. The minimum Gasteiger partial charge on any atom is -0.396 e. The Bertz CT molecular complexity index is 147. The molecule has 0 spiro atoms. The SMILES string of the molecule is C[C@@H]1CC[C@@H](C)[C@](O)(CCO)C1. The number of aliphatic hydroxyl groups is 2. The van der Waals surface area contributed by atoms with Crippen LogP contribution in [0.5, 0.6) is 0 Å². The summed E-state index contributed by atoms with van der Waals surface area (Å²) in [5.74, 6) is 0.957. The van der Waals surface area contributed by atoms with Crippen LogP contribution in [0.4, 0.5) is 0 Å². The summed E-state index contributed by atoms with van der Waals surface area (Å²) in [6.07, 6.45) is 3.71. The van der Waals surface area contributed by atoms with Crippen LogP contribution in [-0.2, 0) is 0 Å². The van der Waals surface area contributed by atoms with Crippen molar-refractivity contribution in [2.24, 2.45) is 11.8 Å². The van der Waals surface area contributed by atoms with Gasteiger partial charge in [0.15, 0.2) is 0 Å². The number of hydrogen-bond acceptors (Lipinski definition) is 2. The van der Waals surface area contributed by atoms with Crippen LogP contribution in [0.15, 0.2) is 0 Å². The van der Waals surface area contributed by atoms with Gasteiger partial charge in [0.05, 0.1) is 5.60 Å². The summed E-state index contributed by atoms with van der Waals surface area (Å²) in [4.78, 5) is 0. The first-order valence-corrected chi connectivity index (χ1v) is 4.92. The highest BCUT2D eigenvalue weighted by Gasteiger charge is 2.37. The third-order valence-electron chi connectivity index (χ3n) is 3.26. The van der Waals surface area contributed by atoms with Crippen molar-refractivity contribution in [2.75, 3.05) is 6.61 Å². The fourth-order valence-electron chi connectivity index (χ4n) is 2.25. The summed E-state index contributed by atoms with van der Waals surface area (Å²) in [5, 5.41) is 19.0. The van der Waals surface area contributed by atoms with E-state index in [1.165, 1.54) is 6.42 Å². The summed E-state index contributed by atoms with van der Waals surface area (Å²) in [5.41, 5.74) is -0.591. The first-order valence-electron chi connectivity index (χ1n) is 4.92. The van der Waals surface area contributed by atoms with Crippen LogP contribution in [0, 0.1) is 11.8 Å². The number of aliphatic hydroxyl groups excluding tert-OH is 1. The maximum absolute atomic E-state index is 10.2. The molecule has 2 N–H and O–H groups in total. The minimum absolute atomic E-state index is 0.105. The molecule has 0 unspecified atom stereocenters. The third-order valence-corrected chi connectivity index (χ3v) is 3.26. The van der Waals surface area contributed by atoms with Crippen molar-refractivity contribution in [3.63, 3.8) is 0 Å². The van der Waals surface area contributed by atoms with Crippen molar-refractivity contribution in [3.8, 4) is 0 Å². The molecule has 0 aromatic carbocycles. The Morgan fingerprint density at radius 1 is 1.33 bits per heavy atom. The topological polar surface area (TPSA) is 40.5 Å². The summed E-state index contributed by atoms with van der Waals surface area (Å²) in [7, 11) is 0. The Kier molecular flexibility index (Phi) is 3.13. The summed E-state index contributed by atoms with van der Waals surface area (Å²) in [6, 6.07) is 0. The molecule has 1 aliphatic carbocycles. The van der Waals surface area contributed by atoms with Crippen LogP contribution in [0.2, 0.25) is 0 Å². The van der Waals surface area contributed by atoms with E-state index >= 15 is 0 Å². The molecule has 0 heterocycles. The molecule has 0 aromatic rings. The van der Waals surface area contributed by atoms with Crippen molar-refractivity contribution in [2.45, 2.75) is 45.1 Å². The molecule has 72 valence electrons. The van der Waals surface area contributed by atoms with Gasteiger partial charge in [0, 0.05) is 6.61 Å². The lowest BCUT2D eigenvalue weighted by atomic mass is 9.71. The molecule has 1 fully saturated rings. The van der Waals surface area contributed by atoms with Crippen molar-refractivity contribution in [1.82, 2.24) is 0 Å². The molecule has 2 nitrogen and oxygen atoms in total. The van der Waals surface area contributed by atoms with E-state index in [0.29, 0.717) is 18.3 Å². The molecular weight excluding hydrogens is 152 g/mol. The molecule has 2 heteroatoms. The predicted molar refractivity (Wildman–Crippen MR) is 48.8 cm³/mol. The van der Waals surface area contributed by atoms with Gasteiger partial charge < -0.3 is 10.2 Å². The third kappa shape index (κ3) is 1.99. The summed E-state index contributed by atoms with van der Waals surface area (Å²) >= 11 is 0. The van der Waals surface area contributed by atoms with E-state index in [9.17, 15) is 5.11 Å². The van der Waals surface area contributed by atoms with Crippen LogP contribution in [0.1, 0.15) is 39.5 Å². The molecule has 0 amide bonds. The number of hydrogen-bond donors (Lipinski definition) is 2. The van der Waals surface area contributed by atoms with E-state index < -0.39 is 5.60 Å². The van der Waals surface area contributed by atoms with Gasteiger partial charge >= 0.3 is 0 Å². The van der Waals surface area contributed by atoms with Crippen molar-refractivity contribution in [1.29, 1.82) is 0 Å². The molecule has 0 saturated heterocycles. The Morgan fingerprint density at radius 3 is 2.58 bits per heavy atom. The lowest BCUT2D eigenvalue weighted by Gasteiger charge is -2.40. The van der Waals surface area contributed by atoms with Crippen molar-refractivity contribution >= 4 is 0 Å². The van der Waals surface area contributed by atoms with Crippen LogP contribution < -0.4 is 0 Å². The second kappa shape index (κ2) is 3.75. The summed E-state index contributed by atoms with van der Waals surface area (Å²) in [6.45, 7) is 4.36. The van der Waals surface area contributed by atoms with Crippen LogP contribution >= 0.6 is 0 Å². The van der Waals surface area contributed by atoms with Gasteiger partial charge in [-0.15, -0.1) is 0 Å². The quantitative estimate of drug-likeness (QED) is 0.663. The van der Waals surface area contributed by atoms with Crippen molar-refractivity contribution in [3.05, 3.63) is 0 Å². The zero-order chi connectivity index (χ0) is 9.19. The molecule has 1 aliphatic rings. The monoisotopic (exact) mass is 172 g/mol. The highest BCUT2D eigenvalue weighted by molar-refractivity contribution is 4.89. The smallest absolute Gasteiger partial charge is 0.0697 e. The van der Waals surface area contributed by atoms with Gasteiger partial charge in [-0.2, -0.15) is 0 Å². The Balaban J connectivity index is 2.57. The minimum atomic E-state index is -0.591. The fourth-order valence-corrected chi connectivity index (χ4v) is 2.25. The van der Waals surface area contributed by atoms with E-state index in [1.54, 1.807) is 0 Å². The zero-order valence-corrected chi connectivity index (χ0v) is 8.08. The van der Waals surface area contributed by atoms with Crippen LogP contribution in [0.25, 0.3) is 0 Å². The molecule has 0 radical (unpaired) electrons. The van der Waals surface area contributed by atoms with Gasteiger partial charge in [-0.05, 0) is 31.1 Å². The maximum Gasteiger partial charge on any atom is 0.0697 e. The Morgan fingerprint density at radius 2 is 2.00 bits per heavy atom. The first-order chi connectivity index (χ1) is 5.58. The average Bonchev–Trinajstić information content (AvgIpc) is 1.98. The van der Waals surface area contributed by atoms with E-state index in [1.807, 2.05) is 0 Å². The van der Waals surface area contributed by atoms with E-state index in [0.717, 1.165) is 12.8 Å². The number of rotatable bonds is 2. The van der Waals surface area contributed by atoms with Crippen LogP contribution in [-0.4, -0.2) is 22.4 Å². The van der Waals surface area contributed by atoms with Crippen LogP contribution in [0.3, 0.4) is 0 Å². The molecule has 3 atom stereocenters. The average molecular weight is 172 g/mol. The van der Waals surface area contributed by atoms with Gasteiger partial charge in [-0.3, -0.25) is 0 Å². The summed E-state index contributed by atoms with van der Waals surface area (Å²) < 4.78 is 0.